The molecule has 1 aliphatic heterocycles. The molecule has 0 aliphatic carbocycles. The average molecular weight is 407 g/mol. The second kappa shape index (κ2) is 8.15. The van der Waals surface area contributed by atoms with Crippen molar-refractivity contribution in [3.05, 3.63) is 51.9 Å². The molecule has 1 atom stereocenters. The Morgan fingerprint density at radius 1 is 1.31 bits per heavy atom. The van der Waals surface area contributed by atoms with Gasteiger partial charge in [-0.1, -0.05) is 36.8 Å². The lowest BCUT2D eigenvalue weighted by atomic mass is 10.0. The zero-order valence-electron chi connectivity index (χ0n) is 15.9. The third-order valence-corrected chi connectivity index (χ3v) is 6.25. The lowest BCUT2D eigenvalue weighted by Crippen LogP contribution is -2.48. The Hall–Kier alpha value is -3.02. The van der Waals surface area contributed by atoms with Gasteiger partial charge in [0.05, 0.1) is 24.0 Å². The summed E-state index contributed by atoms with van der Waals surface area (Å²) >= 11 is 1.42. The topological polar surface area (TPSA) is 105 Å². The van der Waals surface area contributed by atoms with E-state index in [2.05, 4.69) is 6.07 Å². The first kappa shape index (κ1) is 19.3. The number of nitriles is 1. The zero-order valence-corrected chi connectivity index (χ0v) is 16.7. The summed E-state index contributed by atoms with van der Waals surface area (Å²) in [5, 5.41) is 11.8. The highest BCUT2D eigenvalue weighted by Gasteiger charge is 2.28. The molecule has 3 heterocycles. The maximum atomic E-state index is 13.3. The average Bonchev–Trinajstić information content (AvgIpc) is 3.16. The second-order valence-corrected chi connectivity index (χ2v) is 8.02. The van der Waals surface area contributed by atoms with Gasteiger partial charge in [0.25, 0.3) is 5.56 Å². The Morgan fingerprint density at radius 2 is 2.10 bits per heavy atom. The van der Waals surface area contributed by atoms with E-state index in [9.17, 15) is 14.9 Å². The first-order chi connectivity index (χ1) is 14.1. The van der Waals surface area contributed by atoms with Crippen LogP contribution in [0.15, 0.2) is 40.5 Å². The van der Waals surface area contributed by atoms with Crippen molar-refractivity contribution in [2.75, 3.05) is 6.54 Å². The van der Waals surface area contributed by atoms with Gasteiger partial charge in [0.15, 0.2) is 0 Å². The molecule has 7 nitrogen and oxygen atoms in total. The fourth-order valence-corrected chi connectivity index (χ4v) is 4.89. The lowest BCUT2D eigenvalue weighted by Gasteiger charge is -2.33. The fraction of sp³-hybridized carbons (Fsp3) is 0.333. The molecule has 1 fully saturated rings. The van der Waals surface area contributed by atoms with Crippen molar-refractivity contribution in [3.63, 3.8) is 0 Å². The van der Waals surface area contributed by atoms with Crippen LogP contribution in [0.1, 0.15) is 25.1 Å². The summed E-state index contributed by atoms with van der Waals surface area (Å²) in [5.74, 6) is 0.140. The van der Waals surface area contributed by atoms with Crippen LogP contribution in [0.2, 0.25) is 0 Å². The number of carbonyl (C=O) groups excluding carboxylic acids is 1. The van der Waals surface area contributed by atoms with Crippen molar-refractivity contribution < 1.29 is 4.79 Å². The molecule has 8 heteroatoms. The minimum absolute atomic E-state index is 0.0870. The number of carbonyl (C=O) groups is 1. The normalized spacial score (nSPS) is 17.3. The largest absolute Gasteiger partial charge is 0.368 e. The number of amides is 1. The summed E-state index contributed by atoms with van der Waals surface area (Å²) in [5.41, 5.74) is 7.12. The maximum absolute atomic E-state index is 13.3. The molecular weight excluding hydrogens is 386 g/mol. The van der Waals surface area contributed by atoms with E-state index in [1.165, 1.54) is 15.9 Å². The number of benzene rings is 1. The van der Waals surface area contributed by atoms with Gasteiger partial charge in [0.2, 0.25) is 5.91 Å². The van der Waals surface area contributed by atoms with E-state index in [0.29, 0.717) is 35.6 Å². The zero-order chi connectivity index (χ0) is 20.4. The lowest BCUT2D eigenvalue weighted by molar-refractivity contribution is -0.124. The summed E-state index contributed by atoms with van der Waals surface area (Å²) in [7, 11) is 0. The second-order valence-electron chi connectivity index (χ2n) is 7.16. The van der Waals surface area contributed by atoms with E-state index >= 15 is 0 Å². The Bertz CT molecular complexity index is 1150. The SMILES string of the molecule is N#CCn1c(CN2CCCCC2C(N)=O)nc2scc(-c3ccccc3)c2c1=O. The smallest absolute Gasteiger partial charge is 0.263 e. The highest BCUT2D eigenvalue weighted by atomic mass is 32.1. The first-order valence-corrected chi connectivity index (χ1v) is 10.4. The summed E-state index contributed by atoms with van der Waals surface area (Å²) in [4.78, 5) is 32.5. The number of hydrogen-bond acceptors (Lipinski definition) is 6. The number of nitrogens with two attached hydrogens (primary N) is 1. The van der Waals surface area contributed by atoms with Crippen molar-refractivity contribution in [3.8, 4) is 17.2 Å². The Balaban J connectivity index is 1.81. The third-order valence-electron chi connectivity index (χ3n) is 5.37. The Morgan fingerprint density at radius 3 is 2.83 bits per heavy atom. The van der Waals surface area contributed by atoms with Crippen LogP contribution in [0.5, 0.6) is 0 Å². The quantitative estimate of drug-likeness (QED) is 0.700. The minimum atomic E-state index is -0.366. The number of hydrogen-bond donors (Lipinski definition) is 1. The van der Waals surface area contributed by atoms with Crippen molar-refractivity contribution in [1.82, 2.24) is 14.5 Å². The molecule has 29 heavy (non-hydrogen) atoms. The van der Waals surface area contributed by atoms with Gasteiger partial charge in [0.1, 0.15) is 17.2 Å². The number of rotatable bonds is 5. The third kappa shape index (κ3) is 3.67. The van der Waals surface area contributed by atoms with Crippen LogP contribution in [-0.2, 0) is 17.9 Å². The molecule has 4 rings (SSSR count). The molecule has 148 valence electrons. The number of likely N-dealkylation sites (tertiary alicyclic amines) is 1. The van der Waals surface area contributed by atoms with Gasteiger partial charge in [-0.25, -0.2) is 4.98 Å². The number of aromatic nitrogens is 2. The van der Waals surface area contributed by atoms with Crippen LogP contribution in [0.4, 0.5) is 0 Å². The van der Waals surface area contributed by atoms with Gasteiger partial charge in [-0.2, -0.15) is 5.26 Å². The van der Waals surface area contributed by atoms with Crippen molar-refractivity contribution in [2.45, 2.75) is 38.4 Å². The van der Waals surface area contributed by atoms with E-state index in [1.54, 1.807) is 0 Å². The van der Waals surface area contributed by atoms with Crippen molar-refractivity contribution in [1.29, 1.82) is 5.26 Å². The van der Waals surface area contributed by atoms with Gasteiger partial charge in [-0.15, -0.1) is 11.3 Å². The minimum Gasteiger partial charge on any atom is -0.368 e. The van der Waals surface area contributed by atoms with Crippen LogP contribution in [0, 0.1) is 11.3 Å². The Labute approximate surface area is 172 Å². The molecule has 3 aromatic rings. The number of primary amides is 1. The van der Waals surface area contributed by atoms with Gasteiger partial charge < -0.3 is 5.73 Å². The van der Waals surface area contributed by atoms with Gasteiger partial charge in [-0.05, 0) is 24.9 Å². The van der Waals surface area contributed by atoms with Crippen molar-refractivity contribution in [2.24, 2.45) is 5.73 Å². The van der Waals surface area contributed by atoms with Crippen LogP contribution < -0.4 is 11.3 Å². The van der Waals surface area contributed by atoms with E-state index in [1.807, 2.05) is 40.6 Å². The molecule has 0 radical (unpaired) electrons. The summed E-state index contributed by atoms with van der Waals surface area (Å²) in [6.45, 7) is 0.947. The molecule has 2 N–H and O–H groups in total. The molecule has 0 bridgehead atoms. The summed E-state index contributed by atoms with van der Waals surface area (Å²) in [6, 6.07) is 11.4. The number of piperidine rings is 1. The molecule has 1 amide bonds. The highest BCUT2D eigenvalue weighted by molar-refractivity contribution is 7.17. The number of thiophene rings is 1. The molecule has 2 aromatic heterocycles. The standard InChI is InChI=1S/C21H21N5O2S/c22-9-11-26-17(12-25-10-5-4-8-16(25)19(23)27)24-20-18(21(26)28)15(13-29-20)14-6-2-1-3-7-14/h1-3,6-7,13,16H,4-5,8,10-12H2,(H2,23,27). The molecule has 1 saturated heterocycles. The molecular formula is C21H21N5O2S. The summed E-state index contributed by atoms with van der Waals surface area (Å²) < 4.78 is 1.42. The maximum Gasteiger partial charge on any atom is 0.263 e. The van der Waals surface area contributed by atoms with Gasteiger partial charge in [0, 0.05) is 10.9 Å². The van der Waals surface area contributed by atoms with Gasteiger partial charge >= 0.3 is 0 Å². The first-order valence-electron chi connectivity index (χ1n) is 9.57. The van der Waals surface area contributed by atoms with Crippen LogP contribution in [-0.4, -0.2) is 32.9 Å². The highest BCUT2D eigenvalue weighted by Crippen LogP contribution is 2.31. The Kier molecular flexibility index (Phi) is 5.43. The molecule has 0 spiro atoms. The van der Waals surface area contributed by atoms with Crippen LogP contribution in [0.25, 0.3) is 21.3 Å². The van der Waals surface area contributed by atoms with E-state index in [-0.39, 0.29) is 24.1 Å². The monoisotopic (exact) mass is 407 g/mol. The molecule has 1 aromatic carbocycles. The molecule has 1 aliphatic rings. The molecule has 0 saturated carbocycles. The fourth-order valence-electron chi connectivity index (χ4n) is 3.94. The van der Waals surface area contributed by atoms with Crippen LogP contribution >= 0.6 is 11.3 Å². The van der Waals surface area contributed by atoms with E-state index in [0.717, 1.165) is 24.0 Å². The predicted octanol–water partition coefficient (Wildman–Crippen LogP) is 2.49. The number of fused-ring (bicyclic) bond motifs is 1. The molecule has 1 unspecified atom stereocenters. The summed E-state index contributed by atoms with van der Waals surface area (Å²) in [6.07, 6.45) is 2.62. The van der Waals surface area contributed by atoms with Crippen LogP contribution in [0.3, 0.4) is 0 Å². The predicted molar refractivity (Wildman–Crippen MR) is 112 cm³/mol. The van der Waals surface area contributed by atoms with Crippen molar-refractivity contribution >= 4 is 27.5 Å². The van der Waals surface area contributed by atoms with E-state index < -0.39 is 0 Å². The van der Waals surface area contributed by atoms with Gasteiger partial charge in [-0.3, -0.25) is 19.1 Å². The number of nitrogens with zero attached hydrogens (tertiary/aromatic N) is 4. The van der Waals surface area contributed by atoms with E-state index in [4.69, 9.17) is 10.7 Å².